The van der Waals surface area contributed by atoms with Crippen LogP contribution < -0.4 is 9.47 Å². The summed E-state index contributed by atoms with van der Waals surface area (Å²) in [7, 11) is 0. The van der Waals surface area contributed by atoms with Crippen LogP contribution in [0.4, 0.5) is 0 Å². The molecule has 0 aliphatic rings. The van der Waals surface area contributed by atoms with E-state index < -0.39 is 0 Å². The molecule has 3 unspecified atom stereocenters. The van der Waals surface area contributed by atoms with Crippen molar-refractivity contribution < 1.29 is 14.2 Å². The van der Waals surface area contributed by atoms with E-state index >= 15 is 0 Å². The Hall–Kier alpha value is -2.00. The molecule has 3 atom stereocenters. The lowest BCUT2D eigenvalue weighted by Gasteiger charge is -2.36. The Morgan fingerprint density at radius 3 is 1.83 bits per heavy atom. The average Bonchev–Trinajstić information content (AvgIpc) is 2.79. The van der Waals surface area contributed by atoms with Crippen LogP contribution in [0.2, 0.25) is 0 Å². The molecule has 0 saturated carbocycles. The van der Waals surface area contributed by atoms with Gasteiger partial charge in [0.2, 0.25) is 0 Å². The Morgan fingerprint density at radius 1 is 0.743 bits per heavy atom. The molecule has 2 aromatic carbocycles. The Bertz CT molecular complexity index is 840. The second-order valence-electron chi connectivity index (χ2n) is 12.1. The van der Waals surface area contributed by atoms with Crippen LogP contribution in [0.5, 0.6) is 11.5 Å². The van der Waals surface area contributed by atoms with Gasteiger partial charge in [-0.15, -0.1) is 0 Å². The summed E-state index contributed by atoms with van der Waals surface area (Å²) >= 11 is 0. The molecule has 0 heterocycles. The van der Waals surface area contributed by atoms with Gasteiger partial charge in [-0.05, 0) is 84.2 Å². The van der Waals surface area contributed by atoms with E-state index in [0.717, 1.165) is 17.9 Å². The molecule has 0 aliphatic carbocycles. The topological polar surface area (TPSA) is 27.7 Å². The first-order valence-corrected chi connectivity index (χ1v) is 13.5. The van der Waals surface area contributed by atoms with Crippen molar-refractivity contribution in [3.8, 4) is 11.5 Å². The first-order valence-electron chi connectivity index (χ1n) is 13.5. The minimum Gasteiger partial charge on any atom is -0.491 e. The van der Waals surface area contributed by atoms with Crippen molar-refractivity contribution in [1.29, 1.82) is 0 Å². The highest BCUT2D eigenvalue weighted by molar-refractivity contribution is 5.31. The fourth-order valence-electron chi connectivity index (χ4n) is 4.71. The standard InChI is InChI=1S/C32H50O3/c1-10-12-25(11-2)26-13-17-28(18-14-26)34-22-21-33-24(3)35-29-19-15-27(16-20-29)30(32(7,8)9)23-31(4,5)6/h13-20,24-25,30H,10-12,21-23H2,1-9H3. The van der Waals surface area contributed by atoms with E-state index in [1.807, 2.05) is 6.92 Å². The fourth-order valence-corrected chi connectivity index (χ4v) is 4.71. The zero-order valence-electron chi connectivity index (χ0n) is 23.8. The molecule has 35 heavy (non-hydrogen) atoms. The van der Waals surface area contributed by atoms with Gasteiger partial charge in [-0.25, -0.2) is 0 Å². The molecule has 0 N–H and O–H groups in total. The summed E-state index contributed by atoms with van der Waals surface area (Å²) in [5.74, 6) is 2.86. The van der Waals surface area contributed by atoms with Gasteiger partial charge in [0.05, 0.1) is 6.61 Å². The van der Waals surface area contributed by atoms with E-state index in [1.54, 1.807) is 0 Å². The monoisotopic (exact) mass is 482 g/mol. The van der Waals surface area contributed by atoms with Gasteiger partial charge >= 0.3 is 0 Å². The van der Waals surface area contributed by atoms with Crippen molar-refractivity contribution in [1.82, 2.24) is 0 Å². The van der Waals surface area contributed by atoms with Crippen LogP contribution >= 0.6 is 0 Å². The highest BCUT2D eigenvalue weighted by Gasteiger charge is 2.30. The van der Waals surface area contributed by atoms with Gasteiger partial charge in [0.1, 0.15) is 18.1 Å². The molecule has 0 radical (unpaired) electrons. The molecule has 3 heteroatoms. The minimum atomic E-state index is -0.334. The molecule has 2 aromatic rings. The van der Waals surface area contributed by atoms with Gasteiger partial charge in [0.15, 0.2) is 6.29 Å². The maximum atomic E-state index is 5.99. The largest absolute Gasteiger partial charge is 0.491 e. The Labute approximate surface area is 215 Å². The molecule has 0 spiro atoms. The Morgan fingerprint density at radius 2 is 1.31 bits per heavy atom. The molecule has 0 fully saturated rings. The fraction of sp³-hybridized carbons (Fsp3) is 0.625. The van der Waals surface area contributed by atoms with Crippen LogP contribution in [0.25, 0.3) is 0 Å². The van der Waals surface area contributed by atoms with Crippen LogP contribution in [0, 0.1) is 10.8 Å². The van der Waals surface area contributed by atoms with E-state index in [2.05, 4.69) is 104 Å². The Kier molecular flexibility index (Phi) is 11.1. The molecule has 2 rings (SSSR count). The molecule has 0 aliphatic heterocycles. The minimum absolute atomic E-state index is 0.208. The third kappa shape index (κ3) is 10.3. The predicted molar refractivity (Wildman–Crippen MR) is 149 cm³/mol. The van der Waals surface area contributed by atoms with E-state index in [9.17, 15) is 0 Å². The van der Waals surface area contributed by atoms with Gasteiger partial charge < -0.3 is 14.2 Å². The van der Waals surface area contributed by atoms with Crippen molar-refractivity contribution in [2.75, 3.05) is 13.2 Å². The van der Waals surface area contributed by atoms with Crippen molar-refractivity contribution in [2.45, 2.75) is 106 Å². The third-order valence-electron chi connectivity index (χ3n) is 6.63. The molecular formula is C32H50O3. The number of benzene rings is 2. The summed E-state index contributed by atoms with van der Waals surface area (Å²) < 4.78 is 17.7. The average molecular weight is 483 g/mol. The molecule has 0 saturated heterocycles. The number of hydrogen-bond donors (Lipinski definition) is 0. The van der Waals surface area contributed by atoms with Crippen LogP contribution in [0.3, 0.4) is 0 Å². The van der Waals surface area contributed by atoms with Crippen LogP contribution in [0.1, 0.15) is 111 Å². The maximum absolute atomic E-state index is 5.99. The lowest BCUT2D eigenvalue weighted by molar-refractivity contribution is -0.0739. The number of ether oxygens (including phenoxy) is 3. The summed E-state index contributed by atoms with van der Waals surface area (Å²) in [6.07, 6.45) is 4.44. The summed E-state index contributed by atoms with van der Waals surface area (Å²) in [6, 6.07) is 17.1. The normalized spacial score (nSPS) is 14.9. The summed E-state index contributed by atoms with van der Waals surface area (Å²) in [6.45, 7) is 21.3. The van der Waals surface area contributed by atoms with Crippen molar-refractivity contribution in [3.05, 3.63) is 59.7 Å². The molecule has 0 aromatic heterocycles. The van der Waals surface area contributed by atoms with E-state index in [0.29, 0.717) is 25.0 Å². The smallest absolute Gasteiger partial charge is 0.197 e. The van der Waals surface area contributed by atoms with E-state index in [4.69, 9.17) is 14.2 Å². The highest BCUT2D eigenvalue weighted by atomic mass is 16.7. The summed E-state index contributed by atoms with van der Waals surface area (Å²) in [5, 5.41) is 0. The van der Waals surface area contributed by atoms with Gasteiger partial charge in [-0.3, -0.25) is 0 Å². The highest BCUT2D eigenvalue weighted by Crippen LogP contribution is 2.43. The van der Waals surface area contributed by atoms with Crippen LogP contribution in [-0.4, -0.2) is 19.5 Å². The van der Waals surface area contributed by atoms with Gasteiger partial charge in [-0.1, -0.05) is 86.1 Å². The zero-order chi connectivity index (χ0) is 26.1. The quantitative estimate of drug-likeness (QED) is 0.210. The van der Waals surface area contributed by atoms with Gasteiger partial charge in [0.25, 0.3) is 0 Å². The van der Waals surface area contributed by atoms with Gasteiger partial charge in [0, 0.05) is 0 Å². The molecule has 0 bridgehead atoms. The maximum Gasteiger partial charge on any atom is 0.197 e. The Balaban J connectivity index is 1.80. The molecule has 196 valence electrons. The van der Waals surface area contributed by atoms with Crippen molar-refractivity contribution in [2.24, 2.45) is 10.8 Å². The SMILES string of the molecule is CCCC(CC)c1ccc(OCCOC(C)Oc2ccc(C(CC(C)(C)C)C(C)(C)C)cc2)cc1. The predicted octanol–water partition coefficient (Wildman–Crippen LogP) is 9.37. The van der Waals surface area contributed by atoms with Crippen molar-refractivity contribution in [3.63, 3.8) is 0 Å². The number of hydrogen-bond acceptors (Lipinski definition) is 3. The second-order valence-corrected chi connectivity index (χ2v) is 12.1. The van der Waals surface area contributed by atoms with Crippen molar-refractivity contribution >= 4 is 0 Å². The molecular weight excluding hydrogens is 432 g/mol. The van der Waals surface area contributed by atoms with Gasteiger partial charge in [-0.2, -0.15) is 0 Å². The van der Waals surface area contributed by atoms with E-state index in [-0.39, 0.29) is 17.1 Å². The first kappa shape index (κ1) is 29.2. The van der Waals surface area contributed by atoms with E-state index in [1.165, 1.54) is 30.4 Å². The summed E-state index contributed by atoms with van der Waals surface area (Å²) in [5.41, 5.74) is 3.26. The van der Waals surface area contributed by atoms with Crippen LogP contribution in [-0.2, 0) is 4.74 Å². The number of rotatable bonds is 13. The molecule has 0 amide bonds. The zero-order valence-corrected chi connectivity index (χ0v) is 23.8. The molecule has 3 nitrogen and oxygen atoms in total. The third-order valence-corrected chi connectivity index (χ3v) is 6.63. The summed E-state index contributed by atoms with van der Waals surface area (Å²) in [4.78, 5) is 0. The second kappa shape index (κ2) is 13.3. The van der Waals surface area contributed by atoms with Crippen LogP contribution in [0.15, 0.2) is 48.5 Å². The first-order chi connectivity index (χ1) is 16.4. The lowest BCUT2D eigenvalue weighted by Crippen LogP contribution is -2.24. The lowest BCUT2D eigenvalue weighted by atomic mass is 9.69.